The summed E-state index contributed by atoms with van der Waals surface area (Å²) in [6.45, 7) is 4.60. The van der Waals surface area contributed by atoms with E-state index in [0.717, 1.165) is 25.1 Å². The predicted molar refractivity (Wildman–Crippen MR) is 150 cm³/mol. The predicted octanol–water partition coefficient (Wildman–Crippen LogP) is 4.83. The molecule has 1 aromatic carbocycles. The molecule has 0 spiro atoms. The van der Waals surface area contributed by atoms with E-state index in [0.29, 0.717) is 55.5 Å². The Balaban J connectivity index is 1.59. The van der Waals surface area contributed by atoms with E-state index in [-0.39, 0.29) is 37.0 Å². The summed E-state index contributed by atoms with van der Waals surface area (Å²) < 4.78 is 40.1. The number of pyridine rings is 1. The minimum atomic E-state index is -4.52. The highest BCUT2D eigenvalue weighted by molar-refractivity contribution is 5.94. The number of alkyl halides is 3. The second-order valence-corrected chi connectivity index (χ2v) is 11.6. The molecular weight excluding hydrogens is 533 g/mol. The van der Waals surface area contributed by atoms with Gasteiger partial charge in [0.15, 0.2) is 0 Å². The number of amides is 2. The molecule has 1 aliphatic heterocycles. The summed E-state index contributed by atoms with van der Waals surface area (Å²) in [6, 6.07) is 9.85. The van der Waals surface area contributed by atoms with Crippen LogP contribution in [-0.2, 0) is 23.9 Å². The summed E-state index contributed by atoms with van der Waals surface area (Å²) in [5.41, 5.74) is -0.219. The zero-order valence-electron chi connectivity index (χ0n) is 24.1. The van der Waals surface area contributed by atoms with Crippen molar-refractivity contribution in [2.24, 2.45) is 5.41 Å². The maximum atomic E-state index is 14.3. The fourth-order valence-corrected chi connectivity index (χ4v) is 6.38. The average Bonchev–Trinajstić information content (AvgIpc) is 3.38. The van der Waals surface area contributed by atoms with Gasteiger partial charge in [-0.1, -0.05) is 38.5 Å². The Labute approximate surface area is 240 Å². The topological polar surface area (TPSA) is 85.8 Å². The summed E-state index contributed by atoms with van der Waals surface area (Å²) in [6.07, 6.45) is 0.223. The zero-order chi connectivity index (χ0) is 29.8. The third kappa shape index (κ3) is 7.09. The van der Waals surface area contributed by atoms with E-state index in [1.54, 1.807) is 41.1 Å². The van der Waals surface area contributed by atoms with E-state index >= 15 is 0 Å². The number of aromatic nitrogens is 1. The number of nitrogens with one attached hydrogen (secondary N) is 1. The molecule has 1 aromatic heterocycles. The lowest BCUT2D eigenvalue weighted by Crippen LogP contribution is -2.52. The van der Waals surface area contributed by atoms with Gasteiger partial charge in [-0.3, -0.25) is 14.6 Å². The maximum Gasteiger partial charge on any atom is 0.417 e. The molecular formula is C31H41F3N4O3. The van der Waals surface area contributed by atoms with Crippen LogP contribution in [0.4, 0.5) is 13.2 Å². The van der Waals surface area contributed by atoms with Gasteiger partial charge in [0.25, 0.3) is 5.91 Å². The monoisotopic (exact) mass is 574 g/mol. The van der Waals surface area contributed by atoms with Crippen LogP contribution in [0.5, 0.6) is 0 Å². The van der Waals surface area contributed by atoms with Crippen molar-refractivity contribution in [2.75, 3.05) is 20.1 Å². The highest BCUT2D eigenvalue weighted by atomic mass is 19.4. The molecule has 1 saturated carbocycles. The minimum absolute atomic E-state index is 0.0347. The van der Waals surface area contributed by atoms with Gasteiger partial charge >= 0.3 is 6.18 Å². The number of nitrogens with zero attached hydrogens (tertiary/aromatic N) is 3. The van der Waals surface area contributed by atoms with Crippen molar-refractivity contribution in [1.82, 2.24) is 20.1 Å². The van der Waals surface area contributed by atoms with E-state index in [9.17, 15) is 27.9 Å². The van der Waals surface area contributed by atoms with Gasteiger partial charge in [0.05, 0.1) is 17.1 Å². The number of carbonyl (C=O) groups excluding carboxylic acids is 2. The Morgan fingerprint density at radius 3 is 2.63 bits per heavy atom. The number of hydrogen-bond donors (Lipinski definition) is 2. The Morgan fingerprint density at radius 2 is 1.98 bits per heavy atom. The molecule has 2 heterocycles. The van der Waals surface area contributed by atoms with E-state index in [2.05, 4.69) is 17.2 Å². The molecule has 0 bridgehead atoms. The normalized spacial score (nSPS) is 22.2. The molecule has 2 amide bonds. The first kappa shape index (κ1) is 31.0. The van der Waals surface area contributed by atoms with Crippen molar-refractivity contribution in [3.8, 4) is 0 Å². The smallest absolute Gasteiger partial charge is 0.392 e. The maximum absolute atomic E-state index is 14.3. The quantitative estimate of drug-likeness (QED) is 0.425. The number of aliphatic hydroxyl groups is 1. The van der Waals surface area contributed by atoms with Crippen LogP contribution in [-0.4, -0.2) is 70.0 Å². The Kier molecular flexibility index (Phi) is 9.74. The first-order valence-corrected chi connectivity index (χ1v) is 14.6. The van der Waals surface area contributed by atoms with Gasteiger partial charge in [-0.2, -0.15) is 13.2 Å². The molecule has 10 heteroatoms. The van der Waals surface area contributed by atoms with Crippen molar-refractivity contribution in [3.05, 3.63) is 65.0 Å². The molecule has 1 fully saturated rings. The number of rotatable bonds is 10. The summed E-state index contributed by atoms with van der Waals surface area (Å²) in [4.78, 5) is 34.9. The minimum Gasteiger partial charge on any atom is -0.392 e. The lowest BCUT2D eigenvalue weighted by molar-refractivity contribution is -0.143. The largest absolute Gasteiger partial charge is 0.417 e. The molecule has 4 atom stereocenters. The van der Waals surface area contributed by atoms with Gasteiger partial charge in [0.2, 0.25) is 5.91 Å². The lowest BCUT2D eigenvalue weighted by Gasteiger charge is -2.39. The third-order valence-corrected chi connectivity index (χ3v) is 8.56. The van der Waals surface area contributed by atoms with E-state index < -0.39 is 23.3 Å². The fourth-order valence-electron chi connectivity index (χ4n) is 6.38. The average molecular weight is 575 g/mol. The molecule has 2 aliphatic rings. The van der Waals surface area contributed by atoms with Crippen molar-refractivity contribution < 1.29 is 27.9 Å². The van der Waals surface area contributed by atoms with Crippen LogP contribution < -0.4 is 5.32 Å². The van der Waals surface area contributed by atoms with Crippen LogP contribution in [0.2, 0.25) is 0 Å². The van der Waals surface area contributed by atoms with Crippen molar-refractivity contribution in [3.63, 3.8) is 0 Å². The SMILES string of the molecule is CCCC(N[C@@H]1CC[C@](CN(C)C(=O)c2ccccc2)(C(=O)N2CCc3ncc(C(F)(F)F)cc3C2)C1)C(O)CC. The molecule has 1 aliphatic carbocycles. The van der Waals surface area contributed by atoms with Gasteiger partial charge in [-0.25, -0.2) is 0 Å². The van der Waals surface area contributed by atoms with E-state index in [1.807, 2.05) is 13.0 Å². The second kappa shape index (κ2) is 12.9. The first-order valence-electron chi connectivity index (χ1n) is 14.6. The molecule has 2 unspecified atom stereocenters. The zero-order valence-corrected chi connectivity index (χ0v) is 24.1. The van der Waals surface area contributed by atoms with Gasteiger partial charge < -0.3 is 20.2 Å². The van der Waals surface area contributed by atoms with Gasteiger partial charge in [-0.05, 0) is 55.9 Å². The van der Waals surface area contributed by atoms with Crippen LogP contribution in [0.25, 0.3) is 0 Å². The summed E-state index contributed by atoms with van der Waals surface area (Å²) in [7, 11) is 1.69. The first-order chi connectivity index (χ1) is 19.5. The van der Waals surface area contributed by atoms with Crippen molar-refractivity contribution in [1.29, 1.82) is 0 Å². The Bertz CT molecular complexity index is 1210. The summed E-state index contributed by atoms with van der Waals surface area (Å²) in [5, 5.41) is 14.2. The summed E-state index contributed by atoms with van der Waals surface area (Å²) >= 11 is 0. The molecule has 2 N–H and O–H groups in total. The van der Waals surface area contributed by atoms with Crippen molar-refractivity contribution >= 4 is 11.8 Å². The standard InChI is InChI=1S/C31H41F3N4O3/c1-4-9-26(27(39)5-2)36-24-12-14-30(17-24,20-37(3)28(40)21-10-7-6-8-11-21)29(41)38-15-13-25-22(19-38)16-23(18-35-25)31(32,33)34/h6-8,10-11,16,18,24,26-27,36,39H,4-5,9,12-15,17,19-20H2,1-3H3/t24-,26?,27?,30+/m1/s1. The van der Waals surface area contributed by atoms with Crippen LogP contribution in [0.1, 0.15) is 79.6 Å². The molecule has 0 saturated heterocycles. The number of fused-ring (bicyclic) bond motifs is 1. The molecule has 2 aromatic rings. The number of aliphatic hydroxyl groups excluding tert-OH is 1. The van der Waals surface area contributed by atoms with Gasteiger partial charge in [0.1, 0.15) is 0 Å². The third-order valence-electron chi connectivity index (χ3n) is 8.56. The number of carbonyl (C=O) groups is 2. The lowest BCUT2D eigenvalue weighted by atomic mass is 9.82. The number of halogens is 3. The second-order valence-electron chi connectivity index (χ2n) is 11.6. The Hall–Kier alpha value is -2.98. The molecule has 224 valence electrons. The van der Waals surface area contributed by atoms with Crippen LogP contribution >= 0.6 is 0 Å². The molecule has 0 radical (unpaired) electrons. The fraction of sp³-hybridized carbons (Fsp3) is 0.581. The number of benzene rings is 1. The van der Waals surface area contributed by atoms with Crippen molar-refractivity contribution in [2.45, 2.75) is 89.7 Å². The summed E-state index contributed by atoms with van der Waals surface area (Å²) in [5.74, 6) is -0.344. The van der Waals surface area contributed by atoms with Crippen LogP contribution in [0, 0.1) is 5.41 Å². The molecule has 4 rings (SSSR count). The van der Waals surface area contributed by atoms with Gasteiger partial charge in [0, 0.05) is 62.6 Å². The van der Waals surface area contributed by atoms with Gasteiger partial charge in [-0.15, -0.1) is 0 Å². The Morgan fingerprint density at radius 1 is 1.24 bits per heavy atom. The highest BCUT2D eigenvalue weighted by Crippen LogP contribution is 2.42. The number of hydrogen-bond acceptors (Lipinski definition) is 5. The highest BCUT2D eigenvalue weighted by Gasteiger charge is 2.49. The van der Waals surface area contributed by atoms with E-state index in [1.165, 1.54) is 0 Å². The van der Waals surface area contributed by atoms with Crippen LogP contribution in [0.3, 0.4) is 0 Å². The molecule has 7 nitrogen and oxygen atoms in total. The van der Waals surface area contributed by atoms with E-state index in [4.69, 9.17) is 0 Å². The molecule has 41 heavy (non-hydrogen) atoms. The van der Waals surface area contributed by atoms with Crippen LogP contribution in [0.15, 0.2) is 42.6 Å².